The Labute approximate surface area is 100 Å². The van der Waals surface area contributed by atoms with Gasteiger partial charge in [0.05, 0.1) is 12.5 Å². The van der Waals surface area contributed by atoms with Crippen LogP contribution in [0.25, 0.3) is 11.3 Å². The van der Waals surface area contributed by atoms with Crippen LogP contribution >= 0.6 is 0 Å². The van der Waals surface area contributed by atoms with E-state index >= 15 is 0 Å². The first kappa shape index (κ1) is 10.4. The average Bonchev–Trinajstić information content (AvgIpc) is 3.02. The van der Waals surface area contributed by atoms with E-state index in [-0.39, 0.29) is 28.6 Å². The molecule has 0 aliphatic carbocycles. The molecule has 0 unspecified atom stereocenters. The molecule has 1 N–H and O–H groups in total. The fraction of sp³-hybridized carbons (Fsp3) is 0. The van der Waals surface area contributed by atoms with Crippen molar-refractivity contribution in [3.8, 4) is 5.75 Å². The molecule has 0 atom stereocenters. The van der Waals surface area contributed by atoms with Crippen molar-refractivity contribution in [2.24, 2.45) is 0 Å². The minimum Gasteiger partial charge on any atom is -0.504 e. The highest BCUT2D eigenvalue weighted by Gasteiger charge is 2.39. The third-order valence-electron chi connectivity index (χ3n) is 2.45. The molecule has 0 aromatic carbocycles. The second-order valence-electron chi connectivity index (χ2n) is 3.54. The van der Waals surface area contributed by atoms with E-state index in [0.717, 1.165) is 0 Å². The van der Waals surface area contributed by atoms with E-state index in [2.05, 4.69) is 0 Å². The summed E-state index contributed by atoms with van der Waals surface area (Å²) in [6.07, 6.45) is 2.58. The monoisotopic (exact) mass is 246 g/mol. The smallest absolute Gasteiger partial charge is 0.385 e. The lowest BCUT2D eigenvalue weighted by Crippen LogP contribution is -2.08. The van der Waals surface area contributed by atoms with E-state index in [0.29, 0.717) is 0 Å². The highest BCUT2D eigenvalue weighted by atomic mass is 16.6. The lowest BCUT2D eigenvalue weighted by Gasteiger charge is -1.99. The lowest BCUT2D eigenvalue weighted by atomic mass is 10.1. The Morgan fingerprint density at radius 2 is 1.89 bits per heavy atom. The second-order valence-corrected chi connectivity index (χ2v) is 3.54. The summed E-state index contributed by atoms with van der Waals surface area (Å²) in [4.78, 5) is 23.0. The van der Waals surface area contributed by atoms with Crippen LogP contribution in [0.15, 0.2) is 39.6 Å². The van der Waals surface area contributed by atoms with Gasteiger partial charge in [-0.3, -0.25) is 4.79 Å². The third kappa shape index (κ3) is 1.36. The zero-order valence-electron chi connectivity index (χ0n) is 8.88. The van der Waals surface area contributed by atoms with E-state index in [1.165, 1.54) is 24.7 Å². The number of furan rings is 2. The fourth-order valence-corrected chi connectivity index (χ4v) is 1.67. The van der Waals surface area contributed by atoms with E-state index < -0.39 is 11.8 Å². The molecular formula is C12H6O6. The number of ketones is 1. The number of esters is 1. The maximum Gasteiger partial charge on any atom is 0.385 e. The van der Waals surface area contributed by atoms with Crippen LogP contribution in [0.5, 0.6) is 5.75 Å². The number of rotatable bonds is 2. The van der Waals surface area contributed by atoms with E-state index in [4.69, 9.17) is 13.6 Å². The van der Waals surface area contributed by atoms with Crippen molar-refractivity contribution in [2.75, 3.05) is 0 Å². The van der Waals surface area contributed by atoms with Crippen LogP contribution in [0.1, 0.15) is 11.5 Å². The summed E-state index contributed by atoms with van der Waals surface area (Å²) in [6.45, 7) is 0. The topological polar surface area (TPSA) is 89.9 Å². The van der Waals surface area contributed by atoms with Gasteiger partial charge < -0.3 is 18.7 Å². The number of carbonyl (C=O) groups is 2. The predicted octanol–water partition coefficient (Wildman–Crippen LogP) is 1.57. The quantitative estimate of drug-likeness (QED) is 0.639. The van der Waals surface area contributed by atoms with Crippen molar-refractivity contribution in [1.29, 1.82) is 0 Å². The van der Waals surface area contributed by atoms with Crippen molar-refractivity contribution in [2.45, 2.75) is 0 Å². The molecule has 0 bridgehead atoms. The van der Waals surface area contributed by atoms with Gasteiger partial charge in [0.1, 0.15) is 11.3 Å². The van der Waals surface area contributed by atoms with Gasteiger partial charge in [-0.15, -0.1) is 0 Å². The molecule has 6 heteroatoms. The maximum atomic E-state index is 11.7. The van der Waals surface area contributed by atoms with Gasteiger partial charge >= 0.3 is 5.97 Å². The molecule has 0 spiro atoms. The third-order valence-corrected chi connectivity index (χ3v) is 2.45. The number of hydrogen-bond acceptors (Lipinski definition) is 6. The van der Waals surface area contributed by atoms with Crippen molar-refractivity contribution in [3.05, 3.63) is 42.2 Å². The van der Waals surface area contributed by atoms with E-state index in [1.54, 1.807) is 6.07 Å². The molecule has 2 aromatic heterocycles. The lowest BCUT2D eigenvalue weighted by molar-refractivity contribution is -0.144. The van der Waals surface area contributed by atoms with Crippen LogP contribution in [0, 0.1) is 0 Å². The summed E-state index contributed by atoms with van der Waals surface area (Å²) >= 11 is 0. The number of cyclic esters (lactones) is 1. The fourth-order valence-electron chi connectivity index (χ4n) is 1.67. The van der Waals surface area contributed by atoms with Gasteiger partial charge in [-0.05, 0) is 12.1 Å². The largest absolute Gasteiger partial charge is 0.504 e. The Balaban J connectivity index is 2.23. The zero-order chi connectivity index (χ0) is 12.7. The molecule has 0 fully saturated rings. The molecule has 0 amide bonds. The summed E-state index contributed by atoms with van der Waals surface area (Å²) in [6, 6.07) is 4.35. The molecule has 3 heterocycles. The molecule has 3 rings (SSSR count). The molecule has 6 nitrogen and oxygen atoms in total. The minimum absolute atomic E-state index is 0.0600. The highest BCUT2D eigenvalue weighted by Crippen LogP contribution is 2.37. The summed E-state index contributed by atoms with van der Waals surface area (Å²) in [5.74, 6) is -2.14. The molecular weight excluding hydrogens is 240 g/mol. The Morgan fingerprint density at radius 3 is 2.50 bits per heavy atom. The second kappa shape index (κ2) is 3.63. The Kier molecular flexibility index (Phi) is 2.09. The van der Waals surface area contributed by atoms with Crippen LogP contribution in [0.2, 0.25) is 0 Å². The molecule has 90 valence electrons. The molecule has 0 saturated carbocycles. The normalized spacial score (nSPS) is 15.3. The Morgan fingerprint density at radius 1 is 1.06 bits per heavy atom. The standard InChI is InChI=1S/C12H6O6/c13-6-3-5-17-10(6)11-8(7-2-1-4-16-7)9(14)12(15)18-11/h1-5,13H. The molecule has 2 aromatic rings. The highest BCUT2D eigenvalue weighted by molar-refractivity contribution is 6.57. The molecule has 0 radical (unpaired) electrons. The van der Waals surface area contributed by atoms with Crippen molar-refractivity contribution in [1.82, 2.24) is 0 Å². The Hall–Kier alpha value is -2.76. The zero-order valence-corrected chi connectivity index (χ0v) is 8.88. The SMILES string of the molecule is O=C1OC(c2occc2O)=C(c2ccco2)C1=O. The van der Waals surface area contributed by atoms with Crippen molar-refractivity contribution < 1.29 is 28.3 Å². The number of carbonyl (C=O) groups excluding carboxylic acids is 2. The maximum absolute atomic E-state index is 11.7. The van der Waals surface area contributed by atoms with Gasteiger partial charge in [0, 0.05) is 6.07 Å². The number of Topliss-reactive ketones (excluding diaryl/α,β-unsaturated/α-hetero) is 1. The van der Waals surface area contributed by atoms with Crippen molar-refractivity contribution >= 4 is 23.1 Å². The minimum atomic E-state index is -1.03. The first-order valence-electron chi connectivity index (χ1n) is 5.00. The van der Waals surface area contributed by atoms with Gasteiger partial charge in [-0.2, -0.15) is 0 Å². The Bertz CT molecular complexity index is 659. The first-order chi connectivity index (χ1) is 8.68. The first-order valence-corrected chi connectivity index (χ1v) is 5.00. The molecule has 1 aliphatic heterocycles. The van der Waals surface area contributed by atoms with Gasteiger partial charge in [0.25, 0.3) is 5.78 Å². The van der Waals surface area contributed by atoms with Crippen LogP contribution < -0.4 is 0 Å². The molecule has 1 aliphatic rings. The average molecular weight is 246 g/mol. The molecule has 18 heavy (non-hydrogen) atoms. The van der Waals surface area contributed by atoms with Crippen LogP contribution in [0.4, 0.5) is 0 Å². The summed E-state index contributed by atoms with van der Waals surface area (Å²) in [5.41, 5.74) is -0.0600. The number of hydrogen-bond donors (Lipinski definition) is 1. The summed E-state index contributed by atoms with van der Waals surface area (Å²) < 4.78 is 14.9. The predicted molar refractivity (Wildman–Crippen MR) is 57.0 cm³/mol. The van der Waals surface area contributed by atoms with E-state index in [1.807, 2.05) is 0 Å². The van der Waals surface area contributed by atoms with Gasteiger partial charge in [0.15, 0.2) is 11.5 Å². The number of ether oxygens (including phenoxy) is 1. The molecule has 0 saturated heterocycles. The number of aromatic hydroxyl groups is 1. The van der Waals surface area contributed by atoms with Gasteiger partial charge in [0.2, 0.25) is 5.76 Å². The summed E-state index contributed by atoms with van der Waals surface area (Å²) in [7, 11) is 0. The van der Waals surface area contributed by atoms with Crippen LogP contribution in [-0.4, -0.2) is 16.9 Å². The van der Waals surface area contributed by atoms with Gasteiger partial charge in [-0.25, -0.2) is 4.79 Å². The van der Waals surface area contributed by atoms with Crippen LogP contribution in [0.3, 0.4) is 0 Å². The van der Waals surface area contributed by atoms with Gasteiger partial charge in [-0.1, -0.05) is 0 Å². The summed E-state index contributed by atoms with van der Waals surface area (Å²) in [5, 5.41) is 9.54. The van der Waals surface area contributed by atoms with E-state index in [9.17, 15) is 14.7 Å². The van der Waals surface area contributed by atoms with Crippen molar-refractivity contribution in [3.63, 3.8) is 0 Å². The van der Waals surface area contributed by atoms with Crippen LogP contribution in [-0.2, 0) is 14.3 Å².